The maximum atomic E-state index is 12.2. The number of amidine groups is 2. The first-order valence-corrected chi connectivity index (χ1v) is 13.3. The van der Waals surface area contributed by atoms with E-state index >= 15 is 0 Å². The van der Waals surface area contributed by atoms with Gasteiger partial charge in [0, 0.05) is 26.2 Å². The van der Waals surface area contributed by atoms with E-state index in [0.717, 1.165) is 12.2 Å². The summed E-state index contributed by atoms with van der Waals surface area (Å²) in [6.07, 6.45) is 1.91. The summed E-state index contributed by atoms with van der Waals surface area (Å²) in [6.45, 7) is 11.0. The summed E-state index contributed by atoms with van der Waals surface area (Å²) in [4.78, 5) is 24.3. The van der Waals surface area contributed by atoms with Crippen LogP contribution in [0.4, 0.5) is 11.4 Å². The predicted molar refractivity (Wildman–Crippen MR) is 164 cm³/mol. The maximum Gasteiger partial charge on any atom is 2.00 e. The monoisotopic (exact) mass is 678 g/mol. The van der Waals surface area contributed by atoms with Crippen LogP contribution < -0.4 is 11.1 Å². The topological polar surface area (TPSA) is 229 Å². The Bertz CT molecular complexity index is 1580. The Labute approximate surface area is 266 Å². The summed E-state index contributed by atoms with van der Waals surface area (Å²) >= 11 is 10.2. The molecule has 0 aromatic carbocycles. The van der Waals surface area contributed by atoms with E-state index in [1.807, 2.05) is 0 Å². The summed E-state index contributed by atoms with van der Waals surface area (Å²) in [7, 11) is 0. The van der Waals surface area contributed by atoms with Crippen LogP contribution in [0.5, 0.6) is 11.8 Å². The number of aliphatic hydroxyl groups is 2. The predicted octanol–water partition coefficient (Wildman–Crippen LogP) is 5.27. The molecule has 0 spiro atoms. The van der Waals surface area contributed by atoms with Crippen molar-refractivity contribution in [2.45, 2.75) is 67.7 Å². The Morgan fingerprint density at radius 2 is 0.977 bits per heavy atom. The van der Waals surface area contributed by atoms with Crippen molar-refractivity contribution in [2.24, 2.45) is 20.5 Å². The van der Waals surface area contributed by atoms with Gasteiger partial charge in [-0.1, -0.05) is 0 Å². The zero-order chi connectivity index (χ0) is 32.3. The molecule has 236 valence electrons. The number of aromatic nitrogens is 4. The Kier molecular flexibility index (Phi) is 16.1. The largest absolute Gasteiger partial charge is 2.00 e. The number of aromatic hydroxyl groups is 2. The molecule has 4 N–H and O–H groups in total. The molecule has 2 aromatic rings. The third kappa shape index (κ3) is 10.0. The Morgan fingerprint density at radius 3 is 1.21 bits per heavy atom. The second-order valence-corrected chi connectivity index (χ2v) is 8.92. The van der Waals surface area contributed by atoms with E-state index < -0.39 is 34.5 Å². The molecule has 2 rings (SSSR count). The number of allylic oxidation sites excluding steroid dienone is 2. The van der Waals surface area contributed by atoms with Gasteiger partial charge >= 0.3 is 16.5 Å². The van der Waals surface area contributed by atoms with E-state index in [1.54, 1.807) is 27.7 Å². The number of hydrogen-bond acceptors (Lipinski definition) is 10. The van der Waals surface area contributed by atoms with Gasteiger partial charge in [0.2, 0.25) is 11.8 Å². The zero-order valence-corrected chi connectivity index (χ0v) is 26.8. The van der Waals surface area contributed by atoms with Gasteiger partial charge in [0.25, 0.3) is 11.1 Å². The normalized spacial score (nSPS) is 11.8. The van der Waals surface area contributed by atoms with Crippen LogP contribution in [0.15, 0.2) is 53.7 Å². The maximum absolute atomic E-state index is 12.2. The molecular weight excluding hydrogens is 647 g/mol. The molecule has 0 unspecified atom stereocenters. The molecule has 0 aliphatic carbocycles. The van der Waals surface area contributed by atoms with Crippen molar-refractivity contribution in [2.75, 3.05) is 0 Å². The molecule has 16 nitrogen and oxygen atoms in total. The van der Waals surface area contributed by atoms with Gasteiger partial charge in [-0.2, -0.15) is 0 Å². The van der Waals surface area contributed by atoms with E-state index in [4.69, 9.17) is 34.6 Å². The van der Waals surface area contributed by atoms with Crippen molar-refractivity contribution in [3.63, 3.8) is 0 Å². The number of aliphatic hydroxyl groups excluding tert-OH is 2. The van der Waals surface area contributed by atoms with Gasteiger partial charge in [-0.15, -0.1) is 0 Å². The molecule has 0 atom stereocenters. The van der Waals surface area contributed by atoms with E-state index in [1.165, 1.54) is 32.1 Å². The molecular formula is C24H32N10NiO6S2. The fraction of sp³-hybridized carbons (Fsp3) is 0.417. The minimum Gasteiger partial charge on any atom is -0.513 e. The van der Waals surface area contributed by atoms with Gasteiger partial charge < -0.3 is 41.5 Å². The molecule has 0 aliphatic heterocycles. The number of nitrogens with zero attached hydrogens (tertiary/aromatic N) is 10. The first-order chi connectivity index (χ1) is 19.7. The molecule has 0 amide bonds. The summed E-state index contributed by atoms with van der Waals surface area (Å²) in [5, 5.41) is 70.6. The van der Waals surface area contributed by atoms with Crippen molar-refractivity contribution >= 4 is 47.5 Å². The molecule has 0 saturated heterocycles. The second-order valence-electron chi connectivity index (χ2n) is 8.18. The summed E-state index contributed by atoms with van der Waals surface area (Å²) in [5.74, 6) is -2.38. The van der Waals surface area contributed by atoms with Crippen molar-refractivity contribution in [3.8, 4) is 11.8 Å². The smallest absolute Gasteiger partial charge is 0.513 e. The number of azo groups is 2. The van der Waals surface area contributed by atoms with Crippen molar-refractivity contribution in [3.05, 3.63) is 64.7 Å². The van der Waals surface area contributed by atoms with Crippen LogP contribution in [-0.4, -0.2) is 50.4 Å². The molecule has 0 radical (unpaired) electrons. The van der Waals surface area contributed by atoms with E-state index in [9.17, 15) is 30.6 Å². The average molecular weight is 679 g/mol. The van der Waals surface area contributed by atoms with Gasteiger partial charge in [-0.05, 0) is 89.8 Å². The van der Waals surface area contributed by atoms with Crippen LogP contribution in [0.3, 0.4) is 0 Å². The molecule has 0 saturated carbocycles. The molecule has 2 heterocycles. The van der Waals surface area contributed by atoms with Gasteiger partial charge in [-0.3, -0.25) is 27.9 Å². The zero-order valence-electron chi connectivity index (χ0n) is 24.2. The van der Waals surface area contributed by atoms with Crippen LogP contribution in [0.25, 0.3) is 10.8 Å². The Morgan fingerprint density at radius 1 is 0.698 bits per heavy atom. The van der Waals surface area contributed by atoms with Crippen LogP contribution in [0.1, 0.15) is 41.5 Å². The van der Waals surface area contributed by atoms with Crippen LogP contribution in [0, 0.1) is 9.54 Å². The molecule has 19 heteroatoms. The standard InChI is InChI=1S/2C12H16N5O3S.Ni/c2*1-4-16-10(19)9(11(20)17(5-2)12(16)21)15-14-8(13)6-7(3)18;/h2*6,18-19H,4-5H2,1-3H3;/q2*-1;+2/b2*7-6-,15-14?;. The second kappa shape index (κ2) is 17.8. The third-order valence-electron chi connectivity index (χ3n) is 5.20. The number of hydrogen-bond donors (Lipinski definition) is 4. The first-order valence-electron chi connectivity index (χ1n) is 12.5. The van der Waals surface area contributed by atoms with Crippen LogP contribution >= 0.6 is 24.4 Å². The van der Waals surface area contributed by atoms with Crippen molar-refractivity contribution in [1.82, 2.24) is 18.3 Å². The number of rotatable bonds is 8. The summed E-state index contributed by atoms with van der Waals surface area (Å²) < 4.78 is 5.55. The fourth-order valence-electron chi connectivity index (χ4n) is 3.29. The molecule has 0 fully saturated rings. The van der Waals surface area contributed by atoms with Gasteiger partial charge in [0.1, 0.15) is 0 Å². The van der Waals surface area contributed by atoms with Gasteiger partial charge in [0.05, 0.1) is 11.5 Å². The summed E-state index contributed by atoms with van der Waals surface area (Å²) in [6, 6.07) is 0. The SMILES string of the molecule is CCn1c(O)c(N=NC(=[N-])/C=C(/C)O)c(=O)n(CC)c1=S.CCn1c(O)c(N=NC(=[N-])/C=C(/C)O)c(=O)n(CC)c1=S.[Ni+2]. The molecule has 2 aromatic heterocycles. The molecule has 43 heavy (non-hydrogen) atoms. The Balaban J connectivity index is 0.000000802. The van der Waals surface area contributed by atoms with Crippen LogP contribution in [0.2, 0.25) is 0 Å². The quantitative estimate of drug-likeness (QED) is 0.0715. The van der Waals surface area contributed by atoms with E-state index in [2.05, 4.69) is 20.5 Å². The molecule has 0 bridgehead atoms. The fourth-order valence-corrected chi connectivity index (χ4v) is 4.14. The van der Waals surface area contributed by atoms with Crippen molar-refractivity contribution in [1.29, 1.82) is 0 Å². The minimum atomic E-state index is -0.606. The first kappa shape index (κ1) is 38.9. The average Bonchev–Trinajstić information content (AvgIpc) is 2.89. The van der Waals surface area contributed by atoms with E-state index in [0.29, 0.717) is 26.2 Å². The van der Waals surface area contributed by atoms with Crippen molar-refractivity contribution < 1.29 is 36.9 Å². The Hall–Kier alpha value is -4.09. The van der Waals surface area contributed by atoms with Gasteiger partial charge in [-0.25, -0.2) is 10.2 Å². The molecule has 0 aliphatic rings. The van der Waals surface area contributed by atoms with Gasteiger partial charge in [0.15, 0.2) is 20.9 Å². The van der Waals surface area contributed by atoms with Crippen LogP contribution in [-0.2, 0) is 42.7 Å². The van der Waals surface area contributed by atoms with E-state index in [-0.39, 0.29) is 48.9 Å². The summed E-state index contributed by atoms with van der Waals surface area (Å²) in [5.41, 5.74) is -1.87. The minimum absolute atomic E-state index is 0. The third-order valence-corrected chi connectivity index (χ3v) is 6.08.